The molecule has 0 fully saturated rings. The second kappa shape index (κ2) is 6.12. The van der Waals surface area contributed by atoms with Crippen LogP contribution in [-0.4, -0.2) is 53.4 Å². The molecule has 2 rings (SSSR count). The number of nitrogens with one attached hydrogen (secondary N) is 1. The zero-order valence-electron chi connectivity index (χ0n) is 11.8. The molecule has 0 spiro atoms. The first-order chi connectivity index (χ1) is 9.51. The summed E-state index contributed by atoms with van der Waals surface area (Å²) < 4.78 is 0. The summed E-state index contributed by atoms with van der Waals surface area (Å²) in [4.78, 5) is 24.8. The van der Waals surface area contributed by atoms with E-state index in [0.717, 1.165) is 10.2 Å². The zero-order chi connectivity index (χ0) is 14.7. The second-order valence-electron chi connectivity index (χ2n) is 4.73. The van der Waals surface area contributed by atoms with Crippen LogP contribution in [0.4, 0.5) is 5.82 Å². The van der Waals surface area contributed by atoms with Crippen LogP contribution in [-0.2, 0) is 11.3 Å². The Kier molecular flexibility index (Phi) is 4.48. The number of amides is 1. The number of carbonyl (C=O) groups excluding carboxylic acids is 1. The number of hydrogen-bond donors (Lipinski definition) is 2. The molecule has 0 aliphatic rings. The van der Waals surface area contributed by atoms with Gasteiger partial charge in [0, 0.05) is 14.1 Å². The maximum Gasteiger partial charge on any atom is 0.236 e. The first kappa shape index (κ1) is 14.6. The number of carbonyl (C=O) groups is 1. The monoisotopic (exact) mass is 294 g/mol. The molecular weight excluding hydrogens is 276 g/mol. The van der Waals surface area contributed by atoms with Crippen LogP contribution in [0, 0.1) is 0 Å². The van der Waals surface area contributed by atoms with E-state index in [1.165, 1.54) is 11.3 Å². The Hall–Kier alpha value is -1.77. The van der Waals surface area contributed by atoms with Gasteiger partial charge in [-0.1, -0.05) is 0 Å². The third-order valence-electron chi connectivity index (χ3n) is 2.82. The lowest BCUT2D eigenvalue weighted by Crippen LogP contribution is -2.34. The van der Waals surface area contributed by atoms with Gasteiger partial charge in [-0.05, 0) is 18.5 Å². The number of nitrogen functional groups attached to an aromatic ring is 1. The highest BCUT2D eigenvalue weighted by atomic mass is 32.1. The van der Waals surface area contributed by atoms with Crippen LogP contribution in [0.25, 0.3) is 10.2 Å². The number of hydrogen-bond acceptors (Lipinski definition) is 7. The van der Waals surface area contributed by atoms with Crippen molar-refractivity contribution in [3.8, 4) is 0 Å². The van der Waals surface area contributed by atoms with Gasteiger partial charge < -0.3 is 10.3 Å². The van der Waals surface area contributed by atoms with E-state index < -0.39 is 0 Å². The first-order valence-electron chi connectivity index (χ1n) is 6.10. The van der Waals surface area contributed by atoms with Crippen molar-refractivity contribution in [3.63, 3.8) is 0 Å². The van der Waals surface area contributed by atoms with Crippen molar-refractivity contribution in [1.82, 2.24) is 19.8 Å². The number of likely N-dealkylation sites (N-methyl/N-ethyl adjacent to an activating group) is 2. The Balaban J connectivity index is 2.15. The lowest BCUT2D eigenvalue weighted by molar-refractivity contribution is -0.129. The molecule has 0 aliphatic heterocycles. The molecule has 3 N–H and O–H groups in total. The average molecular weight is 294 g/mol. The summed E-state index contributed by atoms with van der Waals surface area (Å²) in [6, 6.07) is 1.93. The Morgan fingerprint density at radius 2 is 2.15 bits per heavy atom. The number of thiophene rings is 1. The topological polar surface area (TPSA) is 87.4 Å². The molecule has 0 bridgehead atoms. The lowest BCUT2D eigenvalue weighted by Gasteiger charge is -2.18. The average Bonchev–Trinajstić information content (AvgIpc) is 2.85. The van der Waals surface area contributed by atoms with Crippen molar-refractivity contribution in [1.29, 1.82) is 0 Å². The Morgan fingerprint density at radius 1 is 1.40 bits per heavy atom. The number of anilines is 1. The molecule has 7 nitrogen and oxygen atoms in total. The number of hydrazine groups is 1. The summed E-state index contributed by atoms with van der Waals surface area (Å²) in [7, 11) is 5.33. The van der Waals surface area contributed by atoms with Crippen LogP contribution in [0.5, 0.6) is 0 Å². The highest BCUT2D eigenvalue weighted by Crippen LogP contribution is 2.24. The standard InChI is InChI=1S/C12H18N6OS/c1-17(2)10(19)7-18(3)6-9-14-11(16-13)8-4-5-20-12(8)15-9/h4-5H,6-7,13H2,1-3H3,(H,14,15,16). The van der Waals surface area contributed by atoms with Gasteiger partial charge in [-0.25, -0.2) is 15.8 Å². The van der Waals surface area contributed by atoms with E-state index in [2.05, 4.69) is 15.4 Å². The quantitative estimate of drug-likeness (QED) is 0.617. The fraction of sp³-hybridized carbons (Fsp3) is 0.417. The van der Waals surface area contributed by atoms with Crippen molar-refractivity contribution in [2.45, 2.75) is 6.54 Å². The van der Waals surface area contributed by atoms with E-state index >= 15 is 0 Å². The molecule has 0 saturated carbocycles. The fourth-order valence-electron chi connectivity index (χ4n) is 1.75. The number of aromatic nitrogens is 2. The van der Waals surface area contributed by atoms with E-state index in [-0.39, 0.29) is 5.91 Å². The number of fused-ring (bicyclic) bond motifs is 1. The van der Waals surface area contributed by atoms with Crippen molar-refractivity contribution in [2.75, 3.05) is 33.1 Å². The third kappa shape index (κ3) is 3.21. The molecule has 2 aromatic rings. The van der Waals surface area contributed by atoms with Crippen LogP contribution in [0.2, 0.25) is 0 Å². The van der Waals surface area contributed by atoms with Crippen LogP contribution in [0.15, 0.2) is 11.4 Å². The molecule has 20 heavy (non-hydrogen) atoms. The molecule has 8 heteroatoms. The summed E-state index contributed by atoms with van der Waals surface area (Å²) >= 11 is 1.54. The van der Waals surface area contributed by atoms with Crippen LogP contribution in [0.1, 0.15) is 5.82 Å². The minimum absolute atomic E-state index is 0.0434. The smallest absolute Gasteiger partial charge is 0.236 e. The maximum atomic E-state index is 11.7. The molecule has 1 amide bonds. The first-order valence-corrected chi connectivity index (χ1v) is 6.98. The molecule has 0 unspecified atom stereocenters. The Bertz CT molecular complexity index is 611. The van der Waals surface area contributed by atoms with Gasteiger partial charge in [0.25, 0.3) is 0 Å². The summed E-state index contributed by atoms with van der Waals surface area (Å²) in [5.74, 6) is 6.78. The highest BCUT2D eigenvalue weighted by Gasteiger charge is 2.12. The van der Waals surface area contributed by atoms with Crippen LogP contribution in [0.3, 0.4) is 0 Å². The third-order valence-corrected chi connectivity index (χ3v) is 3.63. The van der Waals surface area contributed by atoms with Gasteiger partial charge in [0.15, 0.2) is 5.82 Å². The molecule has 2 aromatic heterocycles. The molecule has 0 saturated heterocycles. The van der Waals surface area contributed by atoms with Gasteiger partial charge in [-0.2, -0.15) is 0 Å². The van der Waals surface area contributed by atoms with E-state index in [9.17, 15) is 4.79 Å². The molecule has 0 radical (unpaired) electrons. The molecule has 0 atom stereocenters. The predicted octanol–water partition coefficient (Wildman–Crippen LogP) is 0.497. The van der Waals surface area contributed by atoms with Crippen LogP contribution < -0.4 is 11.3 Å². The highest BCUT2D eigenvalue weighted by molar-refractivity contribution is 7.16. The molecule has 108 valence electrons. The van der Waals surface area contributed by atoms with E-state index in [0.29, 0.717) is 24.7 Å². The van der Waals surface area contributed by atoms with E-state index in [4.69, 9.17) is 5.84 Å². The Morgan fingerprint density at radius 3 is 2.80 bits per heavy atom. The normalized spacial score (nSPS) is 11.1. The maximum absolute atomic E-state index is 11.7. The fourth-order valence-corrected chi connectivity index (χ4v) is 2.53. The predicted molar refractivity (Wildman–Crippen MR) is 80.3 cm³/mol. The summed E-state index contributed by atoms with van der Waals surface area (Å²) in [5, 5.41) is 2.86. The largest absolute Gasteiger partial charge is 0.348 e. The van der Waals surface area contributed by atoms with Crippen molar-refractivity contribution in [3.05, 3.63) is 17.3 Å². The lowest BCUT2D eigenvalue weighted by atomic mass is 10.3. The number of rotatable bonds is 5. The van der Waals surface area contributed by atoms with Crippen molar-refractivity contribution >= 4 is 33.3 Å². The summed E-state index contributed by atoms with van der Waals surface area (Å²) in [5.41, 5.74) is 2.59. The number of nitrogens with zero attached hydrogens (tertiary/aromatic N) is 4. The number of nitrogens with two attached hydrogens (primary N) is 1. The zero-order valence-corrected chi connectivity index (χ0v) is 12.6. The minimum Gasteiger partial charge on any atom is -0.348 e. The molecular formula is C12H18N6OS. The Labute approximate surface area is 121 Å². The van der Waals surface area contributed by atoms with Gasteiger partial charge in [0.2, 0.25) is 5.91 Å². The minimum atomic E-state index is 0.0434. The SMILES string of the molecule is CN(CC(=O)N(C)C)Cc1nc(NN)c2ccsc2n1. The van der Waals surface area contributed by atoms with Gasteiger partial charge >= 0.3 is 0 Å². The molecule has 0 aliphatic carbocycles. The van der Waals surface area contributed by atoms with Gasteiger partial charge in [-0.15, -0.1) is 11.3 Å². The second-order valence-corrected chi connectivity index (χ2v) is 5.63. The van der Waals surface area contributed by atoms with Gasteiger partial charge in [0.05, 0.1) is 18.5 Å². The summed E-state index contributed by atoms with van der Waals surface area (Å²) in [6.07, 6.45) is 0. The van der Waals surface area contributed by atoms with Gasteiger partial charge in [0.1, 0.15) is 10.7 Å². The van der Waals surface area contributed by atoms with Crippen molar-refractivity contribution < 1.29 is 4.79 Å². The summed E-state index contributed by atoms with van der Waals surface area (Å²) in [6.45, 7) is 0.812. The van der Waals surface area contributed by atoms with Gasteiger partial charge in [-0.3, -0.25) is 9.69 Å². The molecule has 0 aromatic carbocycles. The van der Waals surface area contributed by atoms with E-state index in [1.54, 1.807) is 19.0 Å². The molecule has 2 heterocycles. The van der Waals surface area contributed by atoms with Crippen molar-refractivity contribution in [2.24, 2.45) is 5.84 Å². The van der Waals surface area contributed by atoms with Crippen LogP contribution >= 0.6 is 11.3 Å². The van der Waals surface area contributed by atoms with E-state index in [1.807, 2.05) is 23.4 Å².